The summed E-state index contributed by atoms with van der Waals surface area (Å²) in [5, 5.41) is 8.10. The number of nitrogens with zero attached hydrogens (tertiary/aromatic N) is 2. The molecule has 1 aromatic heterocycles. The Balaban J connectivity index is 1.32. The Morgan fingerprint density at radius 2 is 1.36 bits per heavy atom. The number of rotatable bonds is 3. The minimum absolute atomic E-state index is 0.963. The van der Waals surface area contributed by atoms with Crippen LogP contribution in [0.15, 0.2) is 109 Å². The first-order valence-electron chi connectivity index (χ1n) is 13.9. The van der Waals surface area contributed by atoms with Gasteiger partial charge in [-0.3, -0.25) is 4.57 Å². The predicted molar refractivity (Wildman–Crippen MR) is 166 cm³/mol. The van der Waals surface area contributed by atoms with Crippen molar-refractivity contribution in [2.75, 3.05) is 0 Å². The number of imidazole rings is 1. The average molecular weight is 501 g/mol. The van der Waals surface area contributed by atoms with E-state index in [0.29, 0.717) is 0 Å². The molecule has 0 saturated heterocycles. The van der Waals surface area contributed by atoms with E-state index in [4.69, 9.17) is 4.98 Å². The SMILES string of the molecule is C1=C(c2cc3ccccc3c3cc4c(cc23)=CCCC=4)CCC(n2c(-c3ccccc3)nc3ccccc32)=C1. The van der Waals surface area contributed by atoms with Gasteiger partial charge < -0.3 is 0 Å². The van der Waals surface area contributed by atoms with Gasteiger partial charge in [0.05, 0.1) is 11.0 Å². The average Bonchev–Trinajstić information content (AvgIpc) is 3.40. The topological polar surface area (TPSA) is 17.8 Å². The Labute approximate surface area is 227 Å². The fraction of sp³-hybridized carbons (Fsp3) is 0.108. The maximum absolute atomic E-state index is 5.05. The van der Waals surface area contributed by atoms with Crippen molar-refractivity contribution in [1.29, 1.82) is 0 Å². The molecular weight excluding hydrogens is 472 g/mol. The lowest BCUT2D eigenvalue weighted by molar-refractivity contribution is 0.972. The predicted octanol–water partition coefficient (Wildman–Crippen LogP) is 8.08. The number of hydrogen-bond acceptors (Lipinski definition) is 1. The highest BCUT2D eigenvalue weighted by Gasteiger charge is 2.19. The molecule has 8 rings (SSSR count). The maximum Gasteiger partial charge on any atom is 0.145 e. The van der Waals surface area contributed by atoms with E-state index in [1.807, 2.05) is 0 Å². The summed E-state index contributed by atoms with van der Waals surface area (Å²) in [4.78, 5) is 5.05. The molecule has 0 atom stereocenters. The van der Waals surface area contributed by atoms with E-state index >= 15 is 0 Å². The van der Waals surface area contributed by atoms with Crippen LogP contribution < -0.4 is 10.4 Å². The quantitative estimate of drug-likeness (QED) is 0.225. The van der Waals surface area contributed by atoms with Gasteiger partial charge in [0.25, 0.3) is 0 Å². The first-order valence-corrected chi connectivity index (χ1v) is 13.9. The molecule has 0 aliphatic heterocycles. The number of allylic oxidation sites excluding steroid dienone is 4. The second-order valence-corrected chi connectivity index (χ2v) is 10.6. The Morgan fingerprint density at radius 1 is 0.615 bits per heavy atom. The molecular formula is C37H28N2. The third-order valence-corrected chi connectivity index (χ3v) is 8.31. The van der Waals surface area contributed by atoms with E-state index in [0.717, 1.165) is 48.1 Å². The van der Waals surface area contributed by atoms with Crippen molar-refractivity contribution in [3.8, 4) is 11.4 Å². The summed E-state index contributed by atoms with van der Waals surface area (Å²) >= 11 is 0. The molecule has 2 nitrogen and oxygen atoms in total. The zero-order chi connectivity index (χ0) is 25.8. The summed E-state index contributed by atoms with van der Waals surface area (Å²) in [5.74, 6) is 1.01. The molecule has 39 heavy (non-hydrogen) atoms. The van der Waals surface area contributed by atoms with Crippen molar-refractivity contribution >= 4 is 56.0 Å². The minimum Gasteiger partial charge on any atom is -0.296 e. The molecule has 0 fully saturated rings. The van der Waals surface area contributed by atoms with Crippen LogP contribution >= 0.6 is 0 Å². The van der Waals surface area contributed by atoms with Gasteiger partial charge >= 0.3 is 0 Å². The van der Waals surface area contributed by atoms with Gasteiger partial charge in [-0.2, -0.15) is 0 Å². The molecule has 0 amide bonds. The van der Waals surface area contributed by atoms with Crippen LogP contribution in [0.25, 0.3) is 67.4 Å². The van der Waals surface area contributed by atoms with Crippen LogP contribution in [-0.4, -0.2) is 9.55 Å². The van der Waals surface area contributed by atoms with Crippen molar-refractivity contribution in [3.63, 3.8) is 0 Å². The monoisotopic (exact) mass is 500 g/mol. The number of para-hydroxylation sites is 2. The van der Waals surface area contributed by atoms with Crippen molar-refractivity contribution in [3.05, 3.63) is 125 Å². The summed E-state index contributed by atoms with van der Waals surface area (Å²) in [6.07, 6.45) is 13.7. The number of hydrogen-bond donors (Lipinski definition) is 0. The van der Waals surface area contributed by atoms with Crippen molar-refractivity contribution in [2.45, 2.75) is 25.7 Å². The highest BCUT2D eigenvalue weighted by Crippen LogP contribution is 2.38. The zero-order valence-electron chi connectivity index (χ0n) is 21.8. The van der Waals surface area contributed by atoms with E-state index in [1.165, 1.54) is 48.8 Å². The molecule has 0 bridgehead atoms. The van der Waals surface area contributed by atoms with Gasteiger partial charge in [0, 0.05) is 11.3 Å². The molecule has 0 saturated carbocycles. The summed E-state index contributed by atoms with van der Waals surface area (Å²) in [7, 11) is 0. The van der Waals surface area contributed by atoms with Crippen LogP contribution in [0.1, 0.15) is 31.2 Å². The van der Waals surface area contributed by atoms with Crippen LogP contribution in [0.3, 0.4) is 0 Å². The van der Waals surface area contributed by atoms with Gasteiger partial charge in [-0.1, -0.05) is 85.0 Å². The third kappa shape index (κ3) is 3.67. The first kappa shape index (κ1) is 22.3. The Morgan fingerprint density at radius 3 is 2.18 bits per heavy atom. The second kappa shape index (κ2) is 8.96. The molecule has 6 aromatic rings. The largest absolute Gasteiger partial charge is 0.296 e. The van der Waals surface area contributed by atoms with E-state index in [9.17, 15) is 0 Å². The molecule has 2 aliphatic rings. The second-order valence-electron chi connectivity index (χ2n) is 10.6. The van der Waals surface area contributed by atoms with E-state index < -0.39 is 0 Å². The van der Waals surface area contributed by atoms with Crippen LogP contribution in [0.4, 0.5) is 0 Å². The smallest absolute Gasteiger partial charge is 0.145 e. The Hall–Kier alpha value is -4.69. The van der Waals surface area contributed by atoms with Gasteiger partial charge in [-0.25, -0.2) is 4.98 Å². The van der Waals surface area contributed by atoms with E-state index in [1.54, 1.807) is 0 Å². The fourth-order valence-corrected chi connectivity index (χ4v) is 6.41. The summed E-state index contributed by atoms with van der Waals surface area (Å²) in [6, 6.07) is 35.1. The minimum atomic E-state index is 0.963. The third-order valence-electron chi connectivity index (χ3n) is 8.31. The van der Waals surface area contributed by atoms with E-state index in [-0.39, 0.29) is 0 Å². The highest BCUT2D eigenvalue weighted by atomic mass is 15.1. The normalized spacial score (nSPS) is 15.0. The van der Waals surface area contributed by atoms with Crippen LogP contribution in [-0.2, 0) is 0 Å². The molecule has 5 aromatic carbocycles. The molecule has 2 aliphatic carbocycles. The van der Waals surface area contributed by atoms with Gasteiger partial charge in [-0.15, -0.1) is 0 Å². The molecule has 2 heteroatoms. The molecule has 0 unspecified atom stereocenters. The van der Waals surface area contributed by atoms with Crippen molar-refractivity contribution in [1.82, 2.24) is 9.55 Å². The lowest BCUT2D eigenvalue weighted by Crippen LogP contribution is -2.26. The van der Waals surface area contributed by atoms with Crippen LogP contribution in [0, 0.1) is 0 Å². The van der Waals surface area contributed by atoms with Gasteiger partial charge in [0.2, 0.25) is 0 Å². The Bertz CT molecular complexity index is 2110. The van der Waals surface area contributed by atoms with Crippen molar-refractivity contribution in [2.24, 2.45) is 0 Å². The van der Waals surface area contributed by atoms with Crippen molar-refractivity contribution < 1.29 is 0 Å². The molecule has 0 N–H and O–H groups in total. The molecule has 0 radical (unpaired) electrons. The number of fused-ring (bicyclic) bond motifs is 5. The highest BCUT2D eigenvalue weighted by molar-refractivity contribution is 6.12. The standard InChI is InChI=1S/C37H28N2/c1-2-10-26(11-3-1)37-38-35-16-8-9-17-36(35)39(37)30-20-18-25(19-21-30)32-24-29-14-6-7-15-31(29)33-22-27-12-4-5-13-28(27)23-34(32)33/h1-3,6-18,20,22-24H,4-5,19,21H2. The lowest BCUT2D eigenvalue weighted by Gasteiger charge is -2.20. The van der Waals surface area contributed by atoms with Crippen LogP contribution in [0.2, 0.25) is 0 Å². The summed E-state index contributed by atoms with van der Waals surface area (Å²) in [5.41, 5.74) is 7.39. The fourth-order valence-electron chi connectivity index (χ4n) is 6.41. The summed E-state index contributed by atoms with van der Waals surface area (Å²) in [6.45, 7) is 0. The number of benzene rings is 5. The van der Waals surface area contributed by atoms with Gasteiger partial charge in [0.1, 0.15) is 5.82 Å². The molecule has 0 spiro atoms. The van der Waals surface area contributed by atoms with Gasteiger partial charge in [0.15, 0.2) is 0 Å². The number of aromatic nitrogens is 2. The summed E-state index contributed by atoms with van der Waals surface area (Å²) < 4.78 is 2.36. The zero-order valence-corrected chi connectivity index (χ0v) is 21.8. The molecule has 186 valence electrons. The lowest BCUT2D eigenvalue weighted by atomic mass is 9.88. The van der Waals surface area contributed by atoms with E-state index in [2.05, 4.69) is 126 Å². The Kier molecular flexibility index (Phi) is 5.12. The maximum atomic E-state index is 5.05. The molecule has 1 heterocycles. The first-order chi connectivity index (χ1) is 19.3. The van der Waals surface area contributed by atoms with Gasteiger partial charge in [-0.05, 0) is 105 Å². The van der Waals surface area contributed by atoms with Crippen LogP contribution in [0.5, 0.6) is 0 Å².